The second-order valence-corrected chi connectivity index (χ2v) is 5.61. The Bertz CT molecular complexity index is 335. The van der Waals surface area contributed by atoms with Crippen LogP contribution in [-0.4, -0.2) is 9.78 Å². The summed E-state index contributed by atoms with van der Waals surface area (Å²) in [5.41, 5.74) is 4.18. The van der Waals surface area contributed by atoms with Gasteiger partial charge in [-0.3, -0.25) is 16.0 Å². The molecule has 20 heavy (non-hydrogen) atoms. The van der Waals surface area contributed by atoms with Crippen molar-refractivity contribution in [2.24, 2.45) is 5.84 Å². The minimum absolute atomic E-state index is 0.236. The summed E-state index contributed by atoms with van der Waals surface area (Å²) in [6, 6.07) is 2.32. The van der Waals surface area contributed by atoms with Crippen LogP contribution >= 0.6 is 0 Å². The Hall–Kier alpha value is -0.870. The summed E-state index contributed by atoms with van der Waals surface area (Å²) in [7, 11) is 0. The molecule has 0 aromatic carbocycles. The van der Waals surface area contributed by atoms with Gasteiger partial charge in [0.1, 0.15) is 0 Å². The number of hydrogen-bond acceptors (Lipinski definition) is 3. The van der Waals surface area contributed by atoms with Crippen molar-refractivity contribution in [3.8, 4) is 0 Å². The number of nitrogens with zero attached hydrogens (tertiary/aromatic N) is 2. The van der Waals surface area contributed by atoms with Gasteiger partial charge in [0.05, 0.1) is 11.7 Å². The van der Waals surface area contributed by atoms with Gasteiger partial charge in [0.2, 0.25) is 0 Å². The second kappa shape index (κ2) is 10.9. The molecule has 0 amide bonds. The molecule has 4 nitrogen and oxygen atoms in total. The van der Waals surface area contributed by atoms with E-state index in [4.69, 9.17) is 5.84 Å². The van der Waals surface area contributed by atoms with Gasteiger partial charge in [-0.2, -0.15) is 5.10 Å². The summed E-state index contributed by atoms with van der Waals surface area (Å²) in [5, 5.41) is 4.37. The molecular formula is C16H32N4. The van der Waals surface area contributed by atoms with E-state index in [-0.39, 0.29) is 6.04 Å². The molecule has 0 saturated heterocycles. The van der Waals surface area contributed by atoms with Gasteiger partial charge in [0.15, 0.2) is 0 Å². The maximum atomic E-state index is 5.72. The summed E-state index contributed by atoms with van der Waals surface area (Å²) in [5.74, 6) is 5.72. The highest BCUT2D eigenvalue weighted by atomic mass is 15.3. The van der Waals surface area contributed by atoms with Crippen molar-refractivity contribution in [3.05, 3.63) is 18.0 Å². The Morgan fingerprint density at radius 2 is 1.80 bits per heavy atom. The second-order valence-electron chi connectivity index (χ2n) is 5.61. The number of nitrogens with two attached hydrogens (primary N) is 1. The minimum Gasteiger partial charge on any atom is -0.271 e. The first-order valence-corrected chi connectivity index (χ1v) is 8.31. The van der Waals surface area contributed by atoms with E-state index in [9.17, 15) is 0 Å². The molecule has 1 aromatic rings. The number of rotatable bonds is 12. The molecule has 1 aromatic heterocycles. The molecule has 1 rings (SSSR count). The molecule has 4 heteroatoms. The zero-order valence-corrected chi connectivity index (χ0v) is 13.3. The van der Waals surface area contributed by atoms with Crippen molar-refractivity contribution in [1.29, 1.82) is 0 Å². The SMILES string of the molecule is CCCCCCCCCC(NN)c1ccnn1CCC. The Morgan fingerprint density at radius 3 is 2.45 bits per heavy atom. The largest absolute Gasteiger partial charge is 0.271 e. The van der Waals surface area contributed by atoms with Crippen molar-refractivity contribution in [2.45, 2.75) is 84.2 Å². The van der Waals surface area contributed by atoms with Crippen molar-refractivity contribution in [3.63, 3.8) is 0 Å². The number of unbranched alkanes of at least 4 members (excludes halogenated alkanes) is 6. The summed E-state index contributed by atoms with van der Waals surface area (Å²) < 4.78 is 2.08. The van der Waals surface area contributed by atoms with Gasteiger partial charge in [0, 0.05) is 12.7 Å². The fraction of sp³-hybridized carbons (Fsp3) is 0.812. The quantitative estimate of drug-likeness (QED) is 0.346. The summed E-state index contributed by atoms with van der Waals surface area (Å²) in [4.78, 5) is 0. The molecule has 0 aliphatic carbocycles. The van der Waals surface area contributed by atoms with Crippen LogP contribution in [0.1, 0.15) is 83.4 Å². The van der Waals surface area contributed by atoms with E-state index in [1.807, 2.05) is 6.20 Å². The molecule has 0 bridgehead atoms. The minimum atomic E-state index is 0.236. The van der Waals surface area contributed by atoms with Crippen molar-refractivity contribution in [1.82, 2.24) is 15.2 Å². The molecule has 0 spiro atoms. The monoisotopic (exact) mass is 280 g/mol. The van der Waals surface area contributed by atoms with E-state index in [1.165, 1.54) is 50.6 Å². The third kappa shape index (κ3) is 6.06. The Kier molecular flexibility index (Phi) is 9.33. The average Bonchev–Trinajstić information content (AvgIpc) is 2.91. The number of aromatic nitrogens is 2. The third-order valence-electron chi connectivity index (χ3n) is 3.84. The lowest BCUT2D eigenvalue weighted by Gasteiger charge is -2.17. The highest BCUT2D eigenvalue weighted by molar-refractivity contribution is 5.06. The normalized spacial score (nSPS) is 12.8. The van der Waals surface area contributed by atoms with Gasteiger partial charge < -0.3 is 0 Å². The van der Waals surface area contributed by atoms with E-state index in [1.54, 1.807) is 0 Å². The topological polar surface area (TPSA) is 55.9 Å². The van der Waals surface area contributed by atoms with Gasteiger partial charge in [-0.25, -0.2) is 0 Å². The number of hydrazine groups is 1. The number of hydrogen-bond donors (Lipinski definition) is 2. The zero-order chi connectivity index (χ0) is 14.6. The van der Waals surface area contributed by atoms with Crippen LogP contribution in [-0.2, 0) is 6.54 Å². The Balaban J connectivity index is 2.27. The maximum Gasteiger partial charge on any atom is 0.0629 e. The molecule has 0 aliphatic rings. The molecule has 1 heterocycles. The summed E-state index contributed by atoms with van der Waals surface area (Å²) >= 11 is 0. The molecule has 1 unspecified atom stereocenters. The molecule has 0 saturated carbocycles. The molecule has 3 N–H and O–H groups in total. The van der Waals surface area contributed by atoms with Crippen LogP contribution < -0.4 is 11.3 Å². The molecule has 0 fully saturated rings. The molecule has 0 aliphatic heterocycles. The van der Waals surface area contributed by atoms with E-state index in [2.05, 4.69) is 35.1 Å². The first-order chi connectivity index (χ1) is 9.83. The van der Waals surface area contributed by atoms with Crippen LogP contribution in [0.5, 0.6) is 0 Å². The van der Waals surface area contributed by atoms with Crippen LogP contribution in [0, 0.1) is 0 Å². The predicted molar refractivity (Wildman–Crippen MR) is 85.2 cm³/mol. The molecule has 0 radical (unpaired) electrons. The fourth-order valence-electron chi connectivity index (χ4n) is 2.66. The first kappa shape index (κ1) is 17.2. The van der Waals surface area contributed by atoms with E-state index < -0.39 is 0 Å². The Morgan fingerprint density at radius 1 is 1.10 bits per heavy atom. The smallest absolute Gasteiger partial charge is 0.0629 e. The summed E-state index contributed by atoms with van der Waals surface area (Å²) in [6.07, 6.45) is 13.4. The predicted octanol–water partition coefficient (Wildman–Crippen LogP) is 3.94. The lowest BCUT2D eigenvalue weighted by Crippen LogP contribution is -2.30. The molecular weight excluding hydrogens is 248 g/mol. The van der Waals surface area contributed by atoms with Crippen LogP contribution in [0.25, 0.3) is 0 Å². The highest BCUT2D eigenvalue weighted by Gasteiger charge is 2.13. The zero-order valence-electron chi connectivity index (χ0n) is 13.3. The standard InChI is InChI=1S/C16H32N4/c1-3-5-6-7-8-9-10-11-15(19-17)16-12-13-18-20(16)14-4-2/h12-13,15,19H,3-11,14,17H2,1-2H3. The highest BCUT2D eigenvalue weighted by Crippen LogP contribution is 2.20. The van der Waals surface area contributed by atoms with E-state index >= 15 is 0 Å². The van der Waals surface area contributed by atoms with Crippen LogP contribution in [0.15, 0.2) is 12.3 Å². The molecule has 116 valence electrons. The first-order valence-electron chi connectivity index (χ1n) is 8.31. The third-order valence-corrected chi connectivity index (χ3v) is 3.84. The maximum absolute atomic E-state index is 5.72. The van der Waals surface area contributed by atoms with Crippen LogP contribution in [0.2, 0.25) is 0 Å². The fourth-order valence-corrected chi connectivity index (χ4v) is 2.66. The van der Waals surface area contributed by atoms with Crippen molar-refractivity contribution < 1.29 is 0 Å². The van der Waals surface area contributed by atoms with E-state index in [0.29, 0.717) is 0 Å². The van der Waals surface area contributed by atoms with E-state index in [0.717, 1.165) is 19.4 Å². The van der Waals surface area contributed by atoms with Gasteiger partial charge in [-0.05, 0) is 18.9 Å². The van der Waals surface area contributed by atoms with Gasteiger partial charge in [0.25, 0.3) is 0 Å². The lowest BCUT2D eigenvalue weighted by molar-refractivity contribution is 0.436. The lowest BCUT2D eigenvalue weighted by atomic mass is 10.0. The van der Waals surface area contributed by atoms with Crippen molar-refractivity contribution in [2.75, 3.05) is 0 Å². The Labute approximate surface area is 124 Å². The van der Waals surface area contributed by atoms with Gasteiger partial charge in [-0.15, -0.1) is 0 Å². The van der Waals surface area contributed by atoms with Crippen LogP contribution in [0.3, 0.4) is 0 Å². The number of aryl methyl sites for hydroxylation is 1. The summed E-state index contributed by atoms with van der Waals surface area (Å²) in [6.45, 7) is 5.40. The molecule has 1 atom stereocenters. The van der Waals surface area contributed by atoms with Crippen molar-refractivity contribution >= 4 is 0 Å². The van der Waals surface area contributed by atoms with Gasteiger partial charge >= 0.3 is 0 Å². The van der Waals surface area contributed by atoms with Crippen LogP contribution in [0.4, 0.5) is 0 Å². The number of nitrogens with one attached hydrogen (secondary N) is 1. The average molecular weight is 280 g/mol. The van der Waals surface area contributed by atoms with Gasteiger partial charge in [-0.1, -0.05) is 58.8 Å².